The number of hydrogen-bond donors (Lipinski definition) is 1. The van der Waals surface area contributed by atoms with Crippen molar-refractivity contribution in [1.82, 2.24) is 0 Å². The van der Waals surface area contributed by atoms with Crippen LogP contribution in [-0.2, 0) is 28.6 Å². The Morgan fingerprint density at radius 1 is 1.12 bits per heavy atom. The summed E-state index contributed by atoms with van der Waals surface area (Å²) in [5.74, 6) is -0.841. The summed E-state index contributed by atoms with van der Waals surface area (Å²) in [7, 11) is 0. The number of carbonyl (C=O) groups excluding carboxylic acids is 3. The number of aliphatic hydroxyl groups is 1. The van der Waals surface area contributed by atoms with E-state index in [-0.39, 0.29) is 53.8 Å². The van der Waals surface area contributed by atoms with Gasteiger partial charge in [-0.15, -0.1) is 6.58 Å². The molecule has 34 heavy (non-hydrogen) atoms. The van der Waals surface area contributed by atoms with Crippen LogP contribution in [0, 0.1) is 34.5 Å². The summed E-state index contributed by atoms with van der Waals surface area (Å²) in [6.45, 7) is 10.7. The summed E-state index contributed by atoms with van der Waals surface area (Å²) >= 11 is 0. The van der Waals surface area contributed by atoms with Crippen LogP contribution in [0.1, 0.15) is 66.2 Å². The van der Waals surface area contributed by atoms with E-state index < -0.39 is 17.6 Å². The van der Waals surface area contributed by atoms with Crippen molar-refractivity contribution >= 4 is 17.9 Å². The van der Waals surface area contributed by atoms with Crippen LogP contribution in [0.3, 0.4) is 0 Å². The first kappa shape index (κ1) is 25.0. The third kappa shape index (κ3) is 4.10. The van der Waals surface area contributed by atoms with E-state index in [4.69, 9.17) is 14.2 Å². The zero-order valence-corrected chi connectivity index (χ0v) is 20.7. The smallest absolute Gasteiger partial charge is 0.303 e. The van der Waals surface area contributed by atoms with Crippen LogP contribution in [0.25, 0.3) is 0 Å². The van der Waals surface area contributed by atoms with Gasteiger partial charge < -0.3 is 19.3 Å². The molecule has 7 heteroatoms. The summed E-state index contributed by atoms with van der Waals surface area (Å²) in [4.78, 5) is 35.7. The van der Waals surface area contributed by atoms with E-state index in [0.29, 0.717) is 31.6 Å². The number of hydrogen-bond acceptors (Lipinski definition) is 7. The normalized spacial score (nSPS) is 42.9. The van der Waals surface area contributed by atoms with E-state index in [1.807, 2.05) is 12.2 Å². The Bertz CT molecular complexity index is 893. The van der Waals surface area contributed by atoms with Gasteiger partial charge in [-0.3, -0.25) is 14.4 Å². The molecule has 9 atom stereocenters. The monoisotopic (exact) mass is 474 g/mol. The minimum absolute atomic E-state index is 0.0906. The zero-order valence-electron chi connectivity index (χ0n) is 20.7. The lowest BCUT2D eigenvalue weighted by Crippen LogP contribution is -2.62. The van der Waals surface area contributed by atoms with Crippen molar-refractivity contribution in [1.29, 1.82) is 0 Å². The van der Waals surface area contributed by atoms with Gasteiger partial charge in [-0.1, -0.05) is 18.6 Å². The average Bonchev–Trinajstić information content (AvgIpc) is 3.07. The first-order valence-corrected chi connectivity index (χ1v) is 12.5. The van der Waals surface area contributed by atoms with Gasteiger partial charge in [-0.2, -0.15) is 0 Å². The van der Waals surface area contributed by atoms with Gasteiger partial charge >= 0.3 is 17.9 Å². The second-order valence-corrected chi connectivity index (χ2v) is 11.1. The number of allylic oxidation sites excluding steroid dienone is 1. The molecule has 0 saturated heterocycles. The third-order valence-electron chi connectivity index (χ3n) is 9.26. The van der Waals surface area contributed by atoms with Crippen LogP contribution in [-0.4, -0.2) is 47.9 Å². The van der Waals surface area contributed by atoms with Gasteiger partial charge in [0, 0.05) is 44.4 Å². The van der Waals surface area contributed by atoms with Crippen molar-refractivity contribution in [2.24, 2.45) is 34.5 Å². The molecule has 3 saturated carbocycles. The van der Waals surface area contributed by atoms with Gasteiger partial charge in [-0.05, 0) is 55.4 Å². The Hall–Kier alpha value is -2.15. The molecule has 0 spiro atoms. The quantitative estimate of drug-likeness (QED) is 0.368. The molecule has 4 aliphatic rings. The first-order valence-electron chi connectivity index (χ1n) is 12.5. The summed E-state index contributed by atoms with van der Waals surface area (Å²) in [5, 5.41) is 11.7. The Morgan fingerprint density at radius 2 is 1.82 bits per heavy atom. The van der Waals surface area contributed by atoms with Crippen molar-refractivity contribution in [3.63, 3.8) is 0 Å². The van der Waals surface area contributed by atoms with Gasteiger partial charge in [0.15, 0.2) is 0 Å². The maximum atomic E-state index is 12.2. The topological polar surface area (TPSA) is 99.1 Å². The fourth-order valence-electron chi connectivity index (χ4n) is 8.05. The van der Waals surface area contributed by atoms with Gasteiger partial charge in [-0.25, -0.2) is 0 Å². The predicted octanol–water partition coefficient (Wildman–Crippen LogP) is 3.74. The highest BCUT2D eigenvalue weighted by Gasteiger charge is 2.65. The molecule has 0 aliphatic heterocycles. The van der Waals surface area contributed by atoms with Crippen LogP contribution in [0.15, 0.2) is 24.3 Å². The fraction of sp³-hybridized carbons (Fsp3) is 0.741. The number of ether oxygens (including phenoxy) is 3. The SMILES string of the molecule is C=CC1CCC2C3C(OC(C)=O)C=C4CC(OC(C)=O)CCC4(COC(C)=O)C3C(O)CC12C. The molecular weight excluding hydrogens is 436 g/mol. The van der Waals surface area contributed by atoms with E-state index in [9.17, 15) is 19.5 Å². The Morgan fingerprint density at radius 3 is 2.44 bits per heavy atom. The number of carbonyl (C=O) groups is 3. The third-order valence-corrected chi connectivity index (χ3v) is 9.26. The molecule has 3 fully saturated rings. The van der Waals surface area contributed by atoms with Crippen molar-refractivity contribution in [2.45, 2.75) is 84.5 Å². The van der Waals surface area contributed by atoms with Crippen molar-refractivity contribution in [3.8, 4) is 0 Å². The molecule has 188 valence electrons. The lowest BCUT2D eigenvalue weighted by molar-refractivity contribution is -0.186. The highest BCUT2D eigenvalue weighted by molar-refractivity contribution is 5.67. The number of fused-ring (bicyclic) bond motifs is 5. The van der Waals surface area contributed by atoms with Crippen LogP contribution >= 0.6 is 0 Å². The largest absolute Gasteiger partial charge is 0.465 e. The van der Waals surface area contributed by atoms with Crippen LogP contribution in [0.5, 0.6) is 0 Å². The summed E-state index contributed by atoms with van der Waals surface area (Å²) in [6.07, 6.45) is 6.95. The van der Waals surface area contributed by atoms with E-state index in [0.717, 1.165) is 18.4 Å². The maximum absolute atomic E-state index is 12.2. The predicted molar refractivity (Wildman–Crippen MR) is 124 cm³/mol. The standard InChI is InChI=1S/C27H38O7/c1-6-18-7-8-21-24-23(34-17(4)30)12-19-11-20(33-16(3)29)9-10-27(19,14-32-15(2)28)25(24)22(31)13-26(18,21)5/h6,12,18,20-25,31H,1,7-11,13-14H2,2-5H3. The molecule has 4 aliphatic carbocycles. The maximum Gasteiger partial charge on any atom is 0.303 e. The van der Waals surface area contributed by atoms with Gasteiger partial charge in [0.1, 0.15) is 18.8 Å². The molecule has 9 unspecified atom stereocenters. The first-order chi connectivity index (χ1) is 16.0. The van der Waals surface area contributed by atoms with Gasteiger partial charge in [0.05, 0.1) is 6.10 Å². The molecule has 0 aromatic rings. The molecule has 0 radical (unpaired) electrons. The van der Waals surface area contributed by atoms with E-state index >= 15 is 0 Å². The minimum Gasteiger partial charge on any atom is -0.465 e. The molecule has 0 aromatic heterocycles. The van der Waals surface area contributed by atoms with E-state index in [1.165, 1.54) is 20.8 Å². The molecule has 7 nitrogen and oxygen atoms in total. The molecule has 0 amide bonds. The molecule has 0 bridgehead atoms. The average molecular weight is 475 g/mol. The Balaban J connectivity index is 1.82. The number of aliphatic hydroxyl groups excluding tert-OH is 1. The second-order valence-electron chi connectivity index (χ2n) is 11.1. The lowest BCUT2D eigenvalue weighted by Gasteiger charge is -2.61. The van der Waals surface area contributed by atoms with Crippen molar-refractivity contribution < 1.29 is 33.7 Å². The van der Waals surface area contributed by atoms with Crippen molar-refractivity contribution in [2.75, 3.05) is 6.61 Å². The zero-order chi connectivity index (χ0) is 24.8. The van der Waals surface area contributed by atoms with E-state index in [2.05, 4.69) is 13.5 Å². The van der Waals surface area contributed by atoms with Crippen LogP contribution < -0.4 is 0 Å². The van der Waals surface area contributed by atoms with Gasteiger partial charge in [0.2, 0.25) is 0 Å². The lowest BCUT2D eigenvalue weighted by atomic mass is 9.45. The number of esters is 3. The Labute approximate surface area is 201 Å². The number of rotatable bonds is 5. The van der Waals surface area contributed by atoms with Crippen LogP contribution in [0.2, 0.25) is 0 Å². The van der Waals surface area contributed by atoms with Crippen molar-refractivity contribution in [3.05, 3.63) is 24.3 Å². The second kappa shape index (κ2) is 9.14. The molecule has 0 aromatic carbocycles. The Kier molecular flexibility index (Phi) is 6.71. The fourth-order valence-corrected chi connectivity index (χ4v) is 8.05. The highest BCUT2D eigenvalue weighted by Crippen LogP contribution is 2.67. The molecule has 1 N–H and O–H groups in total. The summed E-state index contributed by atoms with van der Waals surface area (Å²) in [6, 6.07) is 0. The van der Waals surface area contributed by atoms with Gasteiger partial charge in [0.25, 0.3) is 0 Å². The summed E-state index contributed by atoms with van der Waals surface area (Å²) in [5.41, 5.74) is 0.250. The summed E-state index contributed by atoms with van der Waals surface area (Å²) < 4.78 is 17.1. The minimum atomic E-state index is -0.644. The van der Waals surface area contributed by atoms with Crippen LogP contribution in [0.4, 0.5) is 0 Å². The molecule has 0 heterocycles. The van der Waals surface area contributed by atoms with E-state index in [1.54, 1.807) is 0 Å². The molecular formula is C27H38O7. The highest BCUT2D eigenvalue weighted by atomic mass is 16.5. The molecule has 4 rings (SSSR count).